The summed E-state index contributed by atoms with van der Waals surface area (Å²) in [5.41, 5.74) is 4.64. The van der Waals surface area contributed by atoms with Crippen LogP contribution in [0.3, 0.4) is 0 Å². The molecule has 1 aliphatic rings. The van der Waals surface area contributed by atoms with Gasteiger partial charge in [-0.1, -0.05) is 18.1 Å². The Morgan fingerprint density at radius 1 is 1.14 bits per heavy atom. The molecule has 0 radical (unpaired) electrons. The van der Waals surface area contributed by atoms with E-state index in [1.807, 2.05) is 6.07 Å². The second-order valence-electron chi connectivity index (χ2n) is 8.67. The zero-order valence-corrected chi connectivity index (χ0v) is 19.8. The Balaban J connectivity index is 1.25. The Labute approximate surface area is 212 Å². The lowest BCUT2D eigenvalue weighted by Gasteiger charge is -2.26. The van der Waals surface area contributed by atoms with Crippen LogP contribution < -0.4 is 5.32 Å². The molecule has 1 fully saturated rings. The Hall–Kier alpha value is -4.59. The third-order valence-electron chi connectivity index (χ3n) is 6.24. The molecule has 3 N–H and O–H groups in total. The highest BCUT2D eigenvalue weighted by Crippen LogP contribution is 2.29. The lowest BCUT2D eigenvalue weighted by Crippen LogP contribution is -2.35. The van der Waals surface area contributed by atoms with Crippen LogP contribution in [0.25, 0.3) is 33.9 Å². The van der Waals surface area contributed by atoms with E-state index in [2.05, 4.69) is 53.4 Å². The van der Waals surface area contributed by atoms with Gasteiger partial charge in [0.15, 0.2) is 17.3 Å². The number of terminal acetylenes is 1. The van der Waals surface area contributed by atoms with Crippen LogP contribution in [-0.4, -0.2) is 61.3 Å². The maximum Gasteiger partial charge on any atom is 0.164 e. The van der Waals surface area contributed by atoms with Crippen LogP contribution in [0.1, 0.15) is 11.1 Å². The average Bonchev–Trinajstić information content (AvgIpc) is 3.56. The molecule has 0 unspecified atom stereocenters. The van der Waals surface area contributed by atoms with E-state index in [0.29, 0.717) is 23.0 Å². The number of aromatic nitrogens is 6. The minimum atomic E-state index is -0.526. The summed E-state index contributed by atoms with van der Waals surface area (Å²) in [4.78, 5) is 19.2. The molecule has 37 heavy (non-hydrogen) atoms. The summed E-state index contributed by atoms with van der Waals surface area (Å²) >= 11 is 0. The summed E-state index contributed by atoms with van der Waals surface area (Å²) in [5, 5.41) is 10.5. The van der Waals surface area contributed by atoms with Crippen LogP contribution in [0, 0.1) is 18.2 Å². The number of rotatable bonds is 6. The van der Waals surface area contributed by atoms with Gasteiger partial charge >= 0.3 is 0 Å². The maximum absolute atomic E-state index is 14.7. The van der Waals surface area contributed by atoms with E-state index in [1.54, 1.807) is 30.6 Å². The molecular formula is C27H23FN8O. The van der Waals surface area contributed by atoms with E-state index < -0.39 is 5.82 Å². The largest absolute Gasteiger partial charge is 0.379 e. The first kappa shape index (κ1) is 22.8. The molecule has 2 aromatic carbocycles. The van der Waals surface area contributed by atoms with Gasteiger partial charge in [0.2, 0.25) is 0 Å². The molecule has 5 aromatic rings. The van der Waals surface area contributed by atoms with Crippen molar-refractivity contribution in [2.45, 2.75) is 6.54 Å². The van der Waals surface area contributed by atoms with Gasteiger partial charge in [0, 0.05) is 32.0 Å². The number of hydrogen-bond acceptors (Lipinski definition) is 7. The zero-order valence-electron chi connectivity index (χ0n) is 19.8. The Kier molecular flexibility index (Phi) is 6.06. The Bertz CT molecular complexity index is 1610. The lowest BCUT2D eigenvalue weighted by atomic mass is 10.1. The van der Waals surface area contributed by atoms with Gasteiger partial charge in [-0.15, -0.1) is 6.42 Å². The van der Waals surface area contributed by atoms with Crippen LogP contribution in [-0.2, 0) is 11.3 Å². The predicted molar refractivity (Wildman–Crippen MR) is 138 cm³/mol. The van der Waals surface area contributed by atoms with Crippen molar-refractivity contribution in [3.63, 3.8) is 0 Å². The third-order valence-corrected chi connectivity index (χ3v) is 6.24. The summed E-state index contributed by atoms with van der Waals surface area (Å²) in [6.07, 6.45) is 8.67. The second-order valence-corrected chi connectivity index (χ2v) is 8.67. The SMILES string of the molecule is C#Cc1cccc(-c2nccc(Nc3c[nH]nc3-c3nc4cc(CN5CCOCC5)ccc4[nH]3)n2)c1F. The molecule has 3 aromatic heterocycles. The normalized spacial score (nSPS) is 14.1. The molecule has 1 aliphatic heterocycles. The van der Waals surface area contributed by atoms with Crippen molar-refractivity contribution in [2.75, 3.05) is 31.6 Å². The monoisotopic (exact) mass is 494 g/mol. The minimum absolute atomic E-state index is 0.162. The fourth-order valence-electron chi connectivity index (χ4n) is 4.36. The average molecular weight is 495 g/mol. The highest BCUT2D eigenvalue weighted by atomic mass is 19.1. The first-order valence-electron chi connectivity index (χ1n) is 11.9. The summed E-state index contributed by atoms with van der Waals surface area (Å²) in [5.74, 6) is 3.13. The van der Waals surface area contributed by atoms with E-state index in [-0.39, 0.29) is 17.0 Å². The molecule has 184 valence electrons. The fourth-order valence-corrected chi connectivity index (χ4v) is 4.36. The van der Waals surface area contributed by atoms with Gasteiger partial charge in [0.1, 0.15) is 11.6 Å². The van der Waals surface area contributed by atoms with Gasteiger partial charge in [-0.25, -0.2) is 19.3 Å². The Morgan fingerprint density at radius 3 is 2.89 bits per heavy atom. The van der Waals surface area contributed by atoms with Gasteiger partial charge in [-0.2, -0.15) is 5.10 Å². The van der Waals surface area contributed by atoms with Crippen LogP contribution in [0.2, 0.25) is 0 Å². The summed E-state index contributed by atoms with van der Waals surface area (Å²) in [6, 6.07) is 12.8. The van der Waals surface area contributed by atoms with Gasteiger partial charge in [0.25, 0.3) is 0 Å². The first-order valence-corrected chi connectivity index (χ1v) is 11.9. The quantitative estimate of drug-likeness (QED) is 0.305. The fraction of sp³-hybridized carbons (Fsp3) is 0.185. The number of anilines is 2. The van der Waals surface area contributed by atoms with Gasteiger partial charge in [0.05, 0.1) is 41.1 Å². The van der Waals surface area contributed by atoms with Crippen LogP contribution in [0.5, 0.6) is 0 Å². The topological polar surface area (TPSA) is 108 Å². The molecule has 0 amide bonds. The van der Waals surface area contributed by atoms with Crippen molar-refractivity contribution < 1.29 is 9.13 Å². The minimum Gasteiger partial charge on any atom is -0.379 e. The van der Waals surface area contributed by atoms with Crippen molar-refractivity contribution in [3.05, 3.63) is 71.8 Å². The van der Waals surface area contributed by atoms with E-state index in [1.165, 1.54) is 11.6 Å². The number of fused-ring (bicyclic) bond motifs is 1. The van der Waals surface area contributed by atoms with Crippen molar-refractivity contribution in [3.8, 4) is 35.2 Å². The molecule has 9 nitrogen and oxygen atoms in total. The number of imidazole rings is 1. The van der Waals surface area contributed by atoms with Gasteiger partial charge < -0.3 is 15.0 Å². The number of ether oxygens (including phenoxy) is 1. The molecule has 6 rings (SSSR count). The molecule has 0 aliphatic carbocycles. The van der Waals surface area contributed by atoms with Gasteiger partial charge in [-0.05, 0) is 35.9 Å². The number of morpholine rings is 1. The number of aromatic amines is 2. The molecular weight excluding hydrogens is 471 g/mol. The molecule has 4 heterocycles. The highest BCUT2D eigenvalue weighted by molar-refractivity contribution is 5.83. The number of benzene rings is 2. The van der Waals surface area contributed by atoms with E-state index in [4.69, 9.17) is 16.1 Å². The maximum atomic E-state index is 14.7. The lowest BCUT2D eigenvalue weighted by molar-refractivity contribution is 0.0342. The van der Waals surface area contributed by atoms with Crippen LogP contribution in [0.15, 0.2) is 54.9 Å². The number of hydrogen-bond donors (Lipinski definition) is 3. The van der Waals surface area contributed by atoms with E-state index in [0.717, 1.165) is 43.9 Å². The van der Waals surface area contributed by atoms with Crippen molar-refractivity contribution in [2.24, 2.45) is 0 Å². The Morgan fingerprint density at radius 2 is 2.03 bits per heavy atom. The predicted octanol–water partition coefficient (Wildman–Crippen LogP) is 4.11. The van der Waals surface area contributed by atoms with Crippen molar-refractivity contribution in [1.29, 1.82) is 0 Å². The molecule has 0 saturated carbocycles. The van der Waals surface area contributed by atoms with E-state index in [9.17, 15) is 4.39 Å². The molecule has 0 bridgehead atoms. The number of H-pyrrole nitrogens is 2. The van der Waals surface area contributed by atoms with Crippen LogP contribution >= 0.6 is 0 Å². The smallest absolute Gasteiger partial charge is 0.164 e. The molecule has 0 atom stereocenters. The number of nitrogens with one attached hydrogen (secondary N) is 3. The van der Waals surface area contributed by atoms with Crippen molar-refractivity contribution >= 4 is 22.5 Å². The zero-order chi connectivity index (χ0) is 25.2. The van der Waals surface area contributed by atoms with Crippen LogP contribution in [0.4, 0.5) is 15.9 Å². The highest BCUT2D eigenvalue weighted by Gasteiger charge is 2.17. The number of halogens is 1. The molecule has 10 heteroatoms. The standard InChI is InChI=1S/C27H23FN8O/c1-2-18-4-3-5-19(24(18)28)26-29-9-8-23(34-26)31-22-15-30-35-25(22)27-32-20-7-6-17(14-21(20)33-27)16-36-10-12-37-13-11-36/h1,3-9,14-15H,10-13,16H2,(H,30,35)(H,32,33)(H,29,31,34). The molecule has 0 spiro atoms. The molecule has 1 saturated heterocycles. The third kappa shape index (κ3) is 4.65. The second kappa shape index (κ2) is 9.81. The summed E-state index contributed by atoms with van der Waals surface area (Å²) in [7, 11) is 0. The van der Waals surface area contributed by atoms with E-state index >= 15 is 0 Å². The van der Waals surface area contributed by atoms with Crippen molar-refractivity contribution in [1.82, 2.24) is 35.0 Å². The van der Waals surface area contributed by atoms with Gasteiger partial charge in [-0.3, -0.25) is 10.00 Å². The summed E-state index contributed by atoms with van der Waals surface area (Å²) in [6.45, 7) is 4.25. The number of nitrogens with zero attached hydrogens (tertiary/aromatic N) is 5. The first-order chi connectivity index (χ1) is 18.2. The summed E-state index contributed by atoms with van der Waals surface area (Å²) < 4.78 is 20.2.